The lowest BCUT2D eigenvalue weighted by molar-refractivity contribution is 0.195. The summed E-state index contributed by atoms with van der Waals surface area (Å²) < 4.78 is 5.36. The lowest BCUT2D eigenvalue weighted by atomic mass is 10.1. The van der Waals surface area contributed by atoms with Crippen LogP contribution in [0.25, 0.3) is 0 Å². The zero-order chi connectivity index (χ0) is 11.5. The first kappa shape index (κ1) is 11.3. The lowest BCUT2D eigenvalue weighted by Crippen LogP contribution is -2.19. The molecule has 0 aliphatic carbocycles. The zero-order valence-corrected chi connectivity index (χ0v) is 10.3. The Bertz CT molecular complexity index is 357. The molecule has 1 saturated heterocycles. The van der Waals surface area contributed by atoms with E-state index in [2.05, 4.69) is 49.4 Å². The third-order valence-electron chi connectivity index (χ3n) is 3.02. The average Bonchev–Trinajstić information content (AvgIpc) is 2.73. The van der Waals surface area contributed by atoms with Crippen LogP contribution in [-0.4, -0.2) is 33.4 Å². The maximum Gasteiger partial charge on any atom is 0.0668 e. The van der Waals surface area contributed by atoms with Gasteiger partial charge in [0, 0.05) is 32.1 Å². The predicted molar refractivity (Wildman–Crippen MR) is 68.4 cm³/mol. The number of rotatable bonds is 3. The highest BCUT2D eigenvalue weighted by Gasteiger charge is 2.15. The van der Waals surface area contributed by atoms with Gasteiger partial charge in [-0.05, 0) is 37.1 Å². The minimum absolute atomic E-state index is 0.476. The molecule has 1 fully saturated rings. The van der Waals surface area contributed by atoms with Crippen molar-refractivity contribution in [2.75, 3.05) is 37.5 Å². The van der Waals surface area contributed by atoms with Crippen molar-refractivity contribution in [3.8, 4) is 0 Å². The Balaban J connectivity index is 2.09. The van der Waals surface area contributed by atoms with E-state index in [4.69, 9.17) is 4.74 Å². The Hall–Kier alpha value is -1.22. The largest absolute Gasteiger partial charge is 0.380 e. The van der Waals surface area contributed by atoms with Crippen LogP contribution in [0.2, 0.25) is 0 Å². The molecule has 0 aromatic heterocycles. The van der Waals surface area contributed by atoms with Gasteiger partial charge in [0.15, 0.2) is 0 Å². The van der Waals surface area contributed by atoms with E-state index in [9.17, 15) is 0 Å². The van der Waals surface area contributed by atoms with E-state index in [-0.39, 0.29) is 0 Å². The van der Waals surface area contributed by atoms with E-state index >= 15 is 0 Å². The Morgan fingerprint density at radius 2 is 2.19 bits per heavy atom. The summed E-state index contributed by atoms with van der Waals surface area (Å²) in [5, 5.41) is 3.53. The first-order chi connectivity index (χ1) is 7.66. The SMILES string of the molecule is Cc1cc(N(C)C)ccc1NC1CCOC1. The van der Waals surface area contributed by atoms with Gasteiger partial charge in [-0.25, -0.2) is 0 Å². The summed E-state index contributed by atoms with van der Waals surface area (Å²) in [6, 6.07) is 6.98. The van der Waals surface area contributed by atoms with Gasteiger partial charge in [-0.15, -0.1) is 0 Å². The normalized spacial score (nSPS) is 19.8. The van der Waals surface area contributed by atoms with Crippen LogP contribution < -0.4 is 10.2 Å². The van der Waals surface area contributed by atoms with Gasteiger partial charge in [0.05, 0.1) is 12.6 Å². The number of ether oxygens (including phenoxy) is 1. The number of benzene rings is 1. The summed E-state index contributed by atoms with van der Waals surface area (Å²) in [6.45, 7) is 3.85. The van der Waals surface area contributed by atoms with E-state index in [0.29, 0.717) is 6.04 Å². The highest BCUT2D eigenvalue weighted by Crippen LogP contribution is 2.23. The molecule has 3 nitrogen and oxygen atoms in total. The summed E-state index contributed by atoms with van der Waals surface area (Å²) >= 11 is 0. The maximum absolute atomic E-state index is 5.36. The first-order valence-corrected chi connectivity index (χ1v) is 5.79. The Labute approximate surface area is 97.4 Å². The molecule has 0 radical (unpaired) electrons. The fraction of sp³-hybridized carbons (Fsp3) is 0.538. The van der Waals surface area contributed by atoms with Gasteiger partial charge in [-0.3, -0.25) is 0 Å². The minimum atomic E-state index is 0.476. The van der Waals surface area contributed by atoms with Crippen LogP contribution in [0.1, 0.15) is 12.0 Å². The van der Waals surface area contributed by atoms with Crippen molar-refractivity contribution in [3.05, 3.63) is 23.8 Å². The molecule has 0 spiro atoms. The molecule has 1 unspecified atom stereocenters. The Morgan fingerprint density at radius 1 is 1.38 bits per heavy atom. The highest BCUT2D eigenvalue weighted by atomic mass is 16.5. The molecule has 2 rings (SSSR count). The van der Waals surface area contributed by atoms with Crippen LogP contribution in [0.4, 0.5) is 11.4 Å². The van der Waals surface area contributed by atoms with E-state index in [1.54, 1.807) is 0 Å². The molecule has 0 amide bonds. The minimum Gasteiger partial charge on any atom is -0.380 e. The zero-order valence-electron chi connectivity index (χ0n) is 10.3. The van der Waals surface area contributed by atoms with E-state index in [1.807, 2.05) is 0 Å². The molecule has 1 heterocycles. The fourth-order valence-corrected chi connectivity index (χ4v) is 1.96. The van der Waals surface area contributed by atoms with Gasteiger partial charge in [-0.2, -0.15) is 0 Å². The number of anilines is 2. The van der Waals surface area contributed by atoms with E-state index in [1.165, 1.54) is 16.9 Å². The van der Waals surface area contributed by atoms with Crippen molar-refractivity contribution in [3.63, 3.8) is 0 Å². The van der Waals surface area contributed by atoms with Gasteiger partial charge in [0.1, 0.15) is 0 Å². The molecule has 1 aliphatic heterocycles. The maximum atomic E-state index is 5.36. The molecule has 0 bridgehead atoms. The molecule has 1 aromatic carbocycles. The van der Waals surface area contributed by atoms with Crippen molar-refractivity contribution >= 4 is 11.4 Å². The van der Waals surface area contributed by atoms with Crippen molar-refractivity contribution in [1.29, 1.82) is 0 Å². The molecule has 0 saturated carbocycles. The summed E-state index contributed by atoms with van der Waals surface area (Å²) in [5.41, 5.74) is 3.75. The summed E-state index contributed by atoms with van der Waals surface area (Å²) in [6.07, 6.45) is 1.11. The molecule has 3 heteroatoms. The third kappa shape index (κ3) is 2.47. The Kier molecular flexibility index (Phi) is 3.34. The number of hydrogen-bond donors (Lipinski definition) is 1. The summed E-state index contributed by atoms with van der Waals surface area (Å²) in [4.78, 5) is 2.12. The standard InChI is InChI=1S/C13H20N2O/c1-10-8-12(15(2)3)4-5-13(10)14-11-6-7-16-9-11/h4-5,8,11,14H,6-7,9H2,1-3H3. The molecular weight excluding hydrogens is 200 g/mol. The van der Waals surface area contributed by atoms with Crippen LogP contribution in [0.15, 0.2) is 18.2 Å². The summed E-state index contributed by atoms with van der Waals surface area (Å²) in [7, 11) is 4.12. The average molecular weight is 220 g/mol. The van der Waals surface area contributed by atoms with Crippen LogP contribution in [0.5, 0.6) is 0 Å². The molecule has 1 aliphatic rings. The van der Waals surface area contributed by atoms with Crippen LogP contribution >= 0.6 is 0 Å². The molecular formula is C13H20N2O. The number of hydrogen-bond acceptors (Lipinski definition) is 3. The van der Waals surface area contributed by atoms with Gasteiger partial charge in [0.25, 0.3) is 0 Å². The van der Waals surface area contributed by atoms with Gasteiger partial charge in [-0.1, -0.05) is 0 Å². The lowest BCUT2D eigenvalue weighted by Gasteiger charge is -2.18. The van der Waals surface area contributed by atoms with Crippen molar-refractivity contribution < 1.29 is 4.74 Å². The molecule has 1 atom stereocenters. The molecule has 1 N–H and O–H groups in total. The van der Waals surface area contributed by atoms with E-state index in [0.717, 1.165) is 19.6 Å². The first-order valence-electron chi connectivity index (χ1n) is 5.79. The molecule has 1 aromatic rings. The van der Waals surface area contributed by atoms with Crippen molar-refractivity contribution in [2.45, 2.75) is 19.4 Å². The van der Waals surface area contributed by atoms with Gasteiger partial charge >= 0.3 is 0 Å². The highest BCUT2D eigenvalue weighted by molar-refractivity contribution is 5.60. The van der Waals surface area contributed by atoms with Crippen LogP contribution in [-0.2, 0) is 4.74 Å². The quantitative estimate of drug-likeness (QED) is 0.845. The van der Waals surface area contributed by atoms with Crippen LogP contribution in [0, 0.1) is 6.92 Å². The number of aryl methyl sites for hydroxylation is 1. The topological polar surface area (TPSA) is 24.5 Å². The second kappa shape index (κ2) is 4.74. The summed E-state index contributed by atoms with van der Waals surface area (Å²) in [5.74, 6) is 0. The molecule has 16 heavy (non-hydrogen) atoms. The number of nitrogens with one attached hydrogen (secondary N) is 1. The monoisotopic (exact) mass is 220 g/mol. The van der Waals surface area contributed by atoms with Crippen LogP contribution in [0.3, 0.4) is 0 Å². The van der Waals surface area contributed by atoms with Gasteiger partial charge < -0.3 is 15.0 Å². The predicted octanol–water partition coefficient (Wildman–Crippen LogP) is 2.26. The smallest absolute Gasteiger partial charge is 0.0668 e. The van der Waals surface area contributed by atoms with Crippen molar-refractivity contribution in [2.24, 2.45) is 0 Å². The third-order valence-corrected chi connectivity index (χ3v) is 3.02. The second-order valence-electron chi connectivity index (χ2n) is 4.60. The second-order valence-corrected chi connectivity index (χ2v) is 4.60. The fourth-order valence-electron chi connectivity index (χ4n) is 1.96. The molecule has 88 valence electrons. The van der Waals surface area contributed by atoms with E-state index < -0.39 is 0 Å². The Morgan fingerprint density at radius 3 is 2.75 bits per heavy atom. The van der Waals surface area contributed by atoms with Crippen molar-refractivity contribution in [1.82, 2.24) is 0 Å². The number of nitrogens with zero attached hydrogens (tertiary/aromatic N) is 1. The van der Waals surface area contributed by atoms with Gasteiger partial charge in [0.2, 0.25) is 0 Å².